The maximum Gasteiger partial charge on any atom is 0.220 e. The second-order valence-corrected chi connectivity index (χ2v) is 5.87. The number of carbonyl (C=O) groups is 1. The molecule has 0 saturated carbocycles. The van der Waals surface area contributed by atoms with E-state index in [4.69, 9.17) is 4.52 Å². The fraction of sp³-hybridized carbons (Fsp3) is 0.200. The maximum absolute atomic E-state index is 13.9. The monoisotopic (exact) mass is 338 g/mol. The van der Waals surface area contributed by atoms with Crippen molar-refractivity contribution in [2.75, 3.05) is 0 Å². The number of nitrogens with zero attached hydrogens (tertiary/aromatic N) is 1. The van der Waals surface area contributed by atoms with Crippen molar-refractivity contribution in [3.63, 3.8) is 0 Å². The van der Waals surface area contributed by atoms with Gasteiger partial charge in [-0.05, 0) is 36.6 Å². The van der Waals surface area contributed by atoms with Crippen LogP contribution in [0.15, 0.2) is 59.3 Å². The largest absolute Gasteiger partial charge is 0.364 e. The number of benzene rings is 2. The van der Waals surface area contributed by atoms with Gasteiger partial charge in [0.15, 0.2) is 0 Å². The molecule has 1 aromatic heterocycles. The molecule has 128 valence electrons. The summed E-state index contributed by atoms with van der Waals surface area (Å²) in [6.45, 7) is 2.51. The average molecular weight is 338 g/mol. The summed E-state index contributed by atoms with van der Waals surface area (Å²) in [6, 6.07) is 14.3. The van der Waals surface area contributed by atoms with E-state index in [0.717, 1.165) is 16.7 Å². The van der Waals surface area contributed by atoms with Gasteiger partial charge in [-0.1, -0.05) is 41.6 Å². The molecule has 0 bridgehead atoms. The minimum Gasteiger partial charge on any atom is -0.364 e. The van der Waals surface area contributed by atoms with Crippen LogP contribution in [0, 0.1) is 12.7 Å². The molecule has 0 aliphatic heterocycles. The van der Waals surface area contributed by atoms with E-state index >= 15 is 0 Å². The van der Waals surface area contributed by atoms with Crippen molar-refractivity contribution in [1.82, 2.24) is 10.5 Å². The highest BCUT2D eigenvalue weighted by molar-refractivity contribution is 5.76. The molecule has 5 heteroatoms. The van der Waals surface area contributed by atoms with Crippen molar-refractivity contribution in [1.29, 1.82) is 0 Å². The molecule has 4 nitrogen and oxygen atoms in total. The van der Waals surface area contributed by atoms with Gasteiger partial charge in [0.25, 0.3) is 0 Å². The van der Waals surface area contributed by atoms with Crippen LogP contribution in [0.2, 0.25) is 0 Å². The zero-order valence-corrected chi connectivity index (χ0v) is 14.0. The third kappa shape index (κ3) is 4.12. The minimum atomic E-state index is -0.360. The van der Waals surface area contributed by atoms with E-state index in [-0.39, 0.29) is 18.1 Å². The molecule has 0 saturated heterocycles. The Balaban J connectivity index is 1.59. The first-order valence-electron chi connectivity index (χ1n) is 8.14. The second kappa shape index (κ2) is 7.75. The Morgan fingerprint density at radius 3 is 2.68 bits per heavy atom. The smallest absolute Gasteiger partial charge is 0.220 e. The number of aryl methyl sites for hydroxylation is 2. The lowest BCUT2D eigenvalue weighted by Crippen LogP contribution is -2.23. The molecular formula is C20H19FN2O2. The summed E-state index contributed by atoms with van der Waals surface area (Å²) in [5.41, 5.74) is 3.78. The van der Waals surface area contributed by atoms with Gasteiger partial charge in [0.2, 0.25) is 5.91 Å². The SMILES string of the molecule is Cc1ccccc1CNC(=O)CCc1conc1-c1ccccc1F. The first-order valence-corrected chi connectivity index (χ1v) is 8.14. The van der Waals surface area contributed by atoms with Gasteiger partial charge in [-0.3, -0.25) is 4.79 Å². The number of nitrogens with one attached hydrogen (secondary N) is 1. The van der Waals surface area contributed by atoms with Crippen LogP contribution in [-0.4, -0.2) is 11.1 Å². The van der Waals surface area contributed by atoms with Crippen molar-refractivity contribution in [2.24, 2.45) is 0 Å². The van der Waals surface area contributed by atoms with Gasteiger partial charge in [-0.15, -0.1) is 0 Å². The molecule has 0 aliphatic carbocycles. The Hall–Kier alpha value is -2.95. The summed E-state index contributed by atoms with van der Waals surface area (Å²) in [7, 11) is 0. The lowest BCUT2D eigenvalue weighted by Gasteiger charge is -2.08. The van der Waals surface area contributed by atoms with E-state index < -0.39 is 0 Å². The fourth-order valence-electron chi connectivity index (χ4n) is 2.65. The molecule has 1 amide bonds. The summed E-state index contributed by atoms with van der Waals surface area (Å²) in [4.78, 5) is 12.1. The Kier molecular flexibility index (Phi) is 5.23. The van der Waals surface area contributed by atoms with E-state index in [2.05, 4.69) is 10.5 Å². The van der Waals surface area contributed by atoms with Crippen LogP contribution in [0.5, 0.6) is 0 Å². The molecular weight excluding hydrogens is 319 g/mol. The molecule has 0 spiro atoms. The van der Waals surface area contributed by atoms with Crippen molar-refractivity contribution in [3.8, 4) is 11.3 Å². The third-order valence-electron chi connectivity index (χ3n) is 4.13. The lowest BCUT2D eigenvalue weighted by atomic mass is 10.0. The van der Waals surface area contributed by atoms with Crippen LogP contribution in [0.1, 0.15) is 23.1 Å². The first-order chi connectivity index (χ1) is 12.1. The summed E-state index contributed by atoms with van der Waals surface area (Å²) in [6.07, 6.45) is 2.19. The lowest BCUT2D eigenvalue weighted by molar-refractivity contribution is -0.121. The molecule has 25 heavy (non-hydrogen) atoms. The van der Waals surface area contributed by atoms with E-state index in [0.29, 0.717) is 24.2 Å². The van der Waals surface area contributed by atoms with Gasteiger partial charge in [-0.2, -0.15) is 0 Å². The van der Waals surface area contributed by atoms with Crippen LogP contribution in [0.3, 0.4) is 0 Å². The van der Waals surface area contributed by atoms with E-state index in [1.807, 2.05) is 31.2 Å². The molecule has 0 radical (unpaired) electrons. The van der Waals surface area contributed by atoms with Gasteiger partial charge in [0.1, 0.15) is 17.8 Å². The zero-order valence-electron chi connectivity index (χ0n) is 14.0. The Labute approximate surface area is 145 Å². The molecule has 3 aromatic rings. The Bertz CT molecular complexity index is 873. The predicted molar refractivity (Wildman–Crippen MR) is 93.2 cm³/mol. The molecule has 2 aromatic carbocycles. The number of hydrogen-bond acceptors (Lipinski definition) is 3. The first kappa shape index (κ1) is 16.9. The highest BCUT2D eigenvalue weighted by Crippen LogP contribution is 2.25. The second-order valence-electron chi connectivity index (χ2n) is 5.87. The Morgan fingerprint density at radius 1 is 1.12 bits per heavy atom. The predicted octanol–water partition coefficient (Wildman–Crippen LogP) is 4.04. The minimum absolute atomic E-state index is 0.0658. The van der Waals surface area contributed by atoms with Gasteiger partial charge in [0, 0.05) is 24.1 Å². The topological polar surface area (TPSA) is 55.1 Å². The molecule has 0 aliphatic rings. The van der Waals surface area contributed by atoms with Gasteiger partial charge >= 0.3 is 0 Å². The number of amides is 1. The summed E-state index contributed by atoms with van der Waals surface area (Å²) in [5, 5.41) is 6.79. The molecule has 0 fully saturated rings. The van der Waals surface area contributed by atoms with Crippen LogP contribution in [-0.2, 0) is 17.8 Å². The van der Waals surface area contributed by atoms with E-state index in [1.165, 1.54) is 12.3 Å². The highest BCUT2D eigenvalue weighted by Gasteiger charge is 2.15. The van der Waals surface area contributed by atoms with Crippen molar-refractivity contribution >= 4 is 5.91 Å². The third-order valence-corrected chi connectivity index (χ3v) is 4.13. The molecule has 0 atom stereocenters. The maximum atomic E-state index is 13.9. The van der Waals surface area contributed by atoms with Crippen molar-refractivity contribution in [2.45, 2.75) is 26.3 Å². The van der Waals surface area contributed by atoms with Crippen LogP contribution in [0.4, 0.5) is 4.39 Å². The van der Waals surface area contributed by atoms with Gasteiger partial charge in [0.05, 0.1) is 0 Å². The molecule has 3 rings (SSSR count). The highest BCUT2D eigenvalue weighted by atomic mass is 19.1. The summed E-state index contributed by atoms with van der Waals surface area (Å²) >= 11 is 0. The van der Waals surface area contributed by atoms with Gasteiger partial charge in [-0.25, -0.2) is 4.39 Å². The van der Waals surface area contributed by atoms with Gasteiger partial charge < -0.3 is 9.84 Å². The quantitative estimate of drug-likeness (QED) is 0.738. The normalized spacial score (nSPS) is 10.6. The number of aromatic nitrogens is 1. The van der Waals surface area contributed by atoms with Crippen LogP contribution in [0.25, 0.3) is 11.3 Å². The fourth-order valence-corrected chi connectivity index (χ4v) is 2.65. The van der Waals surface area contributed by atoms with Crippen molar-refractivity contribution < 1.29 is 13.7 Å². The summed E-state index contributed by atoms with van der Waals surface area (Å²) < 4.78 is 18.9. The number of halogens is 1. The zero-order chi connectivity index (χ0) is 17.6. The molecule has 1 N–H and O–H groups in total. The summed E-state index contributed by atoms with van der Waals surface area (Å²) in [5.74, 6) is -0.425. The molecule has 0 unspecified atom stereocenters. The van der Waals surface area contributed by atoms with Crippen LogP contribution < -0.4 is 5.32 Å². The number of carbonyl (C=O) groups excluding carboxylic acids is 1. The molecule has 1 heterocycles. The number of hydrogen-bond donors (Lipinski definition) is 1. The number of rotatable bonds is 6. The van der Waals surface area contributed by atoms with Crippen molar-refractivity contribution in [3.05, 3.63) is 77.3 Å². The van der Waals surface area contributed by atoms with E-state index in [9.17, 15) is 9.18 Å². The average Bonchev–Trinajstić information content (AvgIpc) is 3.08. The van der Waals surface area contributed by atoms with E-state index in [1.54, 1.807) is 18.2 Å². The standard InChI is InChI=1S/C20H19FN2O2/c1-14-6-2-3-7-15(14)12-22-19(24)11-10-16-13-25-23-20(16)17-8-4-5-9-18(17)21/h2-9,13H,10-12H2,1H3,(H,22,24). The van der Waals surface area contributed by atoms with Crippen LogP contribution >= 0.6 is 0 Å². The Morgan fingerprint density at radius 2 is 1.88 bits per heavy atom.